The van der Waals surface area contributed by atoms with Crippen molar-refractivity contribution in [3.05, 3.63) is 84.3 Å². The van der Waals surface area contributed by atoms with Crippen molar-refractivity contribution in [1.82, 2.24) is 10.2 Å². The fourth-order valence-electron chi connectivity index (χ4n) is 3.82. The van der Waals surface area contributed by atoms with E-state index in [1.807, 2.05) is 24.3 Å². The molecule has 8 heteroatoms. The zero-order valence-electron chi connectivity index (χ0n) is 18.3. The maximum atomic E-state index is 13.4. The predicted octanol–water partition coefficient (Wildman–Crippen LogP) is 3.54. The topological polar surface area (TPSA) is 75.0 Å². The van der Waals surface area contributed by atoms with Crippen molar-refractivity contribution in [3.8, 4) is 5.75 Å². The van der Waals surface area contributed by atoms with E-state index in [9.17, 15) is 9.59 Å². The number of carbonyl (C=O) groups is 2. The fraction of sp³-hybridized carbons (Fsp3) is 0.240. The lowest BCUT2D eigenvalue weighted by Gasteiger charge is -2.29. The minimum Gasteiger partial charge on any atom is -0.497 e. The average Bonchev–Trinajstić information content (AvgIpc) is 3.45. The Hall–Kier alpha value is -3.65. The Morgan fingerprint density at radius 2 is 1.88 bits per heavy atom. The highest BCUT2D eigenvalue weighted by Gasteiger charge is 2.43. The Morgan fingerprint density at radius 3 is 2.55 bits per heavy atom. The monoisotopic (exact) mass is 463 g/mol. The third-order valence-corrected chi connectivity index (χ3v) is 5.91. The van der Waals surface area contributed by atoms with E-state index in [2.05, 4.69) is 17.4 Å². The molecule has 33 heavy (non-hydrogen) atoms. The zero-order chi connectivity index (χ0) is 23.2. The molecule has 0 saturated carbocycles. The number of thiocarbonyl (C=S) groups is 1. The highest BCUT2D eigenvalue weighted by atomic mass is 32.1. The van der Waals surface area contributed by atoms with Gasteiger partial charge in [-0.25, -0.2) is 4.90 Å². The van der Waals surface area contributed by atoms with Gasteiger partial charge in [0, 0.05) is 6.54 Å². The normalized spacial score (nSPS) is 15.5. The summed E-state index contributed by atoms with van der Waals surface area (Å²) in [5.41, 5.74) is 1.69. The van der Waals surface area contributed by atoms with E-state index in [1.54, 1.807) is 48.6 Å². The van der Waals surface area contributed by atoms with E-state index >= 15 is 0 Å². The van der Waals surface area contributed by atoms with E-state index in [0.717, 1.165) is 6.42 Å². The number of anilines is 1. The number of rotatable bonds is 8. The molecule has 7 nitrogen and oxygen atoms in total. The van der Waals surface area contributed by atoms with Crippen LogP contribution in [0.1, 0.15) is 17.7 Å². The van der Waals surface area contributed by atoms with Crippen LogP contribution < -0.4 is 15.0 Å². The molecule has 2 amide bonds. The molecule has 1 saturated heterocycles. The second-order valence-corrected chi connectivity index (χ2v) is 8.05. The van der Waals surface area contributed by atoms with Crippen molar-refractivity contribution in [2.24, 2.45) is 0 Å². The molecule has 1 unspecified atom stereocenters. The summed E-state index contributed by atoms with van der Waals surface area (Å²) < 4.78 is 10.7. The molecule has 1 aliphatic heterocycles. The van der Waals surface area contributed by atoms with Gasteiger partial charge in [-0.05, 0) is 60.6 Å². The van der Waals surface area contributed by atoms with Gasteiger partial charge in [-0.2, -0.15) is 0 Å². The SMILES string of the molecule is COc1ccc(N2C(=O)CC(N(Cc3ccco3)C(=S)NCCc3ccccc3)C2=O)cc1. The lowest BCUT2D eigenvalue weighted by Crippen LogP contribution is -2.49. The predicted molar refractivity (Wildman–Crippen MR) is 129 cm³/mol. The molecule has 3 aromatic rings. The summed E-state index contributed by atoms with van der Waals surface area (Å²) in [5.74, 6) is 0.721. The van der Waals surface area contributed by atoms with Gasteiger partial charge in [-0.3, -0.25) is 9.59 Å². The van der Waals surface area contributed by atoms with E-state index in [4.69, 9.17) is 21.4 Å². The van der Waals surface area contributed by atoms with E-state index in [-0.39, 0.29) is 24.8 Å². The molecule has 0 radical (unpaired) electrons. The summed E-state index contributed by atoms with van der Waals surface area (Å²) in [6, 6.07) is 19.8. The van der Waals surface area contributed by atoms with Crippen LogP contribution >= 0.6 is 12.2 Å². The van der Waals surface area contributed by atoms with Gasteiger partial charge in [0.05, 0.1) is 32.0 Å². The number of nitrogens with zero attached hydrogens (tertiary/aromatic N) is 2. The molecule has 170 valence electrons. The number of benzene rings is 2. The number of ether oxygens (including phenoxy) is 1. The number of imide groups is 1. The van der Waals surface area contributed by atoms with Crippen molar-refractivity contribution in [2.75, 3.05) is 18.6 Å². The number of hydrogen-bond acceptors (Lipinski definition) is 5. The molecular weight excluding hydrogens is 438 g/mol. The Labute approximate surface area is 197 Å². The lowest BCUT2D eigenvalue weighted by atomic mass is 10.1. The number of nitrogens with one attached hydrogen (secondary N) is 1. The van der Waals surface area contributed by atoms with Crippen molar-refractivity contribution >= 4 is 34.8 Å². The summed E-state index contributed by atoms with van der Waals surface area (Å²) in [4.78, 5) is 29.1. The Kier molecular flexibility index (Phi) is 7.04. The van der Waals surface area contributed by atoms with Crippen LogP contribution in [0.2, 0.25) is 0 Å². The smallest absolute Gasteiger partial charge is 0.257 e. The minimum atomic E-state index is -0.721. The zero-order valence-corrected chi connectivity index (χ0v) is 19.1. The summed E-state index contributed by atoms with van der Waals surface area (Å²) >= 11 is 5.65. The minimum absolute atomic E-state index is 0.0338. The summed E-state index contributed by atoms with van der Waals surface area (Å²) in [5, 5.41) is 3.65. The Morgan fingerprint density at radius 1 is 1.12 bits per heavy atom. The maximum absolute atomic E-state index is 13.4. The van der Waals surface area contributed by atoms with Gasteiger partial charge >= 0.3 is 0 Å². The molecule has 0 aliphatic carbocycles. The van der Waals surface area contributed by atoms with Gasteiger partial charge in [-0.1, -0.05) is 30.3 Å². The van der Waals surface area contributed by atoms with Crippen LogP contribution in [0.15, 0.2) is 77.4 Å². The van der Waals surface area contributed by atoms with Crippen molar-refractivity contribution in [2.45, 2.75) is 25.4 Å². The molecule has 1 fully saturated rings. The third kappa shape index (κ3) is 5.23. The largest absolute Gasteiger partial charge is 0.497 e. The molecular formula is C25H25N3O4S. The van der Waals surface area contributed by atoms with Crippen LogP contribution in [0.5, 0.6) is 5.75 Å². The van der Waals surface area contributed by atoms with E-state index < -0.39 is 6.04 Å². The van der Waals surface area contributed by atoms with Crippen LogP contribution in [0, 0.1) is 0 Å². The number of methoxy groups -OCH3 is 1. The van der Waals surface area contributed by atoms with Crippen molar-refractivity contribution < 1.29 is 18.7 Å². The third-order valence-electron chi connectivity index (χ3n) is 5.53. The first kappa shape index (κ1) is 22.5. The number of amides is 2. The van der Waals surface area contributed by atoms with Crippen molar-refractivity contribution in [1.29, 1.82) is 0 Å². The summed E-state index contributed by atoms with van der Waals surface area (Å²) in [6.07, 6.45) is 2.39. The van der Waals surface area contributed by atoms with Gasteiger partial charge in [0.15, 0.2) is 5.11 Å². The van der Waals surface area contributed by atoms with Crippen LogP contribution in [-0.4, -0.2) is 41.5 Å². The molecule has 1 atom stereocenters. The summed E-state index contributed by atoms with van der Waals surface area (Å²) in [6.45, 7) is 0.888. The Balaban J connectivity index is 1.50. The molecule has 0 spiro atoms. The molecule has 1 N–H and O–H groups in total. The fourth-order valence-corrected chi connectivity index (χ4v) is 4.11. The number of furan rings is 1. The number of carbonyl (C=O) groups excluding carboxylic acids is 2. The molecule has 2 aromatic carbocycles. The standard InChI is InChI=1S/C25H25N3O4S/c1-31-20-11-9-19(10-12-20)28-23(29)16-22(24(28)30)27(17-21-8-5-15-32-21)25(33)26-14-13-18-6-3-2-4-7-18/h2-12,15,22H,13-14,16-17H2,1H3,(H,26,33). The molecule has 4 rings (SSSR count). The lowest BCUT2D eigenvalue weighted by molar-refractivity contribution is -0.122. The van der Waals surface area contributed by atoms with Gasteiger partial charge < -0.3 is 19.4 Å². The molecule has 1 aliphatic rings. The highest BCUT2D eigenvalue weighted by molar-refractivity contribution is 7.80. The quantitative estimate of drug-likeness (QED) is 0.405. The highest BCUT2D eigenvalue weighted by Crippen LogP contribution is 2.28. The van der Waals surface area contributed by atoms with Crippen LogP contribution in [-0.2, 0) is 22.6 Å². The average molecular weight is 464 g/mol. The van der Waals surface area contributed by atoms with E-state index in [0.29, 0.717) is 28.9 Å². The van der Waals surface area contributed by atoms with Crippen LogP contribution in [0.3, 0.4) is 0 Å². The van der Waals surface area contributed by atoms with Gasteiger partial charge in [0.25, 0.3) is 5.91 Å². The first-order valence-corrected chi connectivity index (χ1v) is 11.1. The second-order valence-electron chi connectivity index (χ2n) is 7.66. The molecule has 1 aromatic heterocycles. The van der Waals surface area contributed by atoms with E-state index in [1.165, 1.54) is 10.5 Å². The summed E-state index contributed by atoms with van der Waals surface area (Å²) in [7, 11) is 1.56. The van der Waals surface area contributed by atoms with Gasteiger partial charge in [0.2, 0.25) is 5.91 Å². The van der Waals surface area contributed by atoms with Gasteiger partial charge in [-0.15, -0.1) is 0 Å². The second kappa shape index (κ2) is 10.3. The first-order valence-electron chi connectivity index (χ1n) is 10.7. The Bertz CT molecular complexity index is 1100. The molecule has 2 heterocycles. The van der Waals surface area contributed by atoms with Crippen molar-refractivity contribution in [3.63, 3.8) is 0 Å². The number of hydrogen-bond donors (Lipinski definition) is 1. The maximum Gasteiger partial charge on any atom is 0.257 e. The van der Waals surface area contributed by atoms with Crippen LogP contribution in [0.25, 0.3) is 0 Å². The molecule has 0 bridgehead atoms. The first-order chi connectivity index (χ1) is 16.1. The van der Waals surface area contributed by atoms with Gasteiger partial charge in [0.1, 0.15) is 17.6 Å². The van der Waals surface area contributed by atoms with Crippen LogP contribution in [0.4, 0.5) is 5.69 Å².